The standard InChI is InChI=1S/C11H8S/c1-2-10-7-12-8-11(10)6-5-9-3-4-9/h1,7-9H,3-4H2. The third-order valence-corrected chi connectivity index (χ3v) is 2.55. The Morgan fingerprint density at radius 2 is 2.08 bits per heavy atom. The summed E-state index contributed by atoms with van der Waals surface area (Å²) in [4.78, 5) is 0. The van der Waals surface area contributed by atoms with E-state index in [0.717, 1.165) is 11.1 Å². The molecule has 1 saturated carbocycles. The largest absolute Gasteiger partial charge is 0.150 e. The van der Waals surface area contributed by atoms with Crippen molar-refractivity contribution in [2.75, 3.05) is 0 Å². The minimum atomic E-state index is 0.649. The van der Waals surface area contributed by atoms with Crippen LogP contribution in [-0.2, 0) is 0 Å². The first-order valence-corrected chi connectivity index (χ1v) is 4.89. The molecule has 1 aromatic heterocycles. The minimum Gasteiger partial charge on any atom is -0.150 e. The van der Waals surface area contributed by atoms with Crippen LogP contribution in [0.1, 0.15) is 24.0 Å². The van der Waals surface area contributed by atoms with E-state index in [9.17, 15) is 0 Å². The molecule has 58 valence electrons. The third-order valence-electron chi connectivity index (χ3n) is 1.81. The molecular formula is C11H8S. The van der Waals surface area contributed by atoms with E-state index in [-0.39, 0.29) is 0 Å². The van der Waals surface area contributed by atoms with E-state index >= 15 is 0 Å². The predicted octanol–water partition coefficient (Wildman–Crippen LogP) is 2.49. The Balaban J connectivity index is 2.23. The highest BCUT2D eigenvalue weighted by molar-refractivity contribution is 7.08. The molecule has 1 heterocycles. The Morgan fingerprint density at radius 1 is 1.33 bits per heavy atom. The van der Waals surface area contributed by atoms with E-state index < -0.39 is 0 Å². The minimum absolute atomic E-state index is 0.649. The van der Waals surface area contributed by atoms with Gasteiger partial charge in [-0.05, 0) is 12.8 Å². The van der Waals surface area contributed by atoms with Gasteiger partial charge in [-0.3, -0.25) is 0 Å². The SMILES string of the molecule is C#Cc1cscc1C#CC1CC1. The van der Waals surface area contributed by atoms with Crippen LogP contribution in [-0.4, -0.2) is 0 Å². The molecule has 2 rings (SSSR count). The van der Waals surface area contributed by atoms with Crippen LogP contribution >= 0.6 is 11.3 Å². The molecule has 0 spiro atoms. The Kier molecular flexibility index (Phi) is 1.90. The Bertz CT molecular complexity index is 377. The van der Waals surface area contributed by atoms with Gasteiger partial charge in [-0.25, -0.2) is 0 Å². The molecule has 1 aliphatic carbocycles. The fourth-order valence-electron chi connectivity index (χ4n) is 0.913. The summed E-state index contributed by atoms with van der Waals surface area (Å²) in [6.45, 7) is 0. The lowest BCUT2D eigenvalue weighted by Gasteiger charge is -1.82. The van der Waals surface area contributed by atoms with Crippen molar-refractivity contribution in [1.82, 2.24) is 0 Å². The molecule has 0 unspecified atom stereocenters. The predicted molar refractivity (Wildman–Crippen MR) is 51.9 cm³/mol. The average Bonchev–Trinajstić information content (AvgIpc) is 2.81. The van der Waals surface area contributed by atoms with Crippen LogP contribution in [0.3, 0.4) is 0 Å². The zero-order chi connectivity index (χ0) is 8.39. The molecule has 0 nitrogen and oxygen atoms in total. The van der Waals surface area contributed by atoms with Crippen LogP contribution in [0.5, 0.6) is 0 Å². The summed E-state index contributed by atoms with van der Waals surface area (Å²) in [5, 5.41) is 3.99. The van der Waals surface area contributed by atoms with Crippen molar-refractivity contribution in [3.05, 3.63) is 21.9 Å². The fourth-order valence-corrected chi connectivity index (χ4v) is 1.63. The second kappa shape index (κ2) is 3.05. The second-order valence-corrected chi connectivity index (χ2v) is 3.63. The first kappa shape index (κ1) is 7.47. The van der Waals surface area contributed by atoms with Gasteiger partial charge in [-0.1, -0.05) is 17.8 Å². The molecule has 0 amide bonds. The molecule has 0 N–H and O–H groups in total. The lowest BCUT2D eigenvalue weighted by molar-refractivity contribution is 1.18. The maximum Gasteiger partial charge on any atom is 0.0508 e. The molecule has 1 aliphatic rings. The summed E-state index contributed by atoms with van der Waals surface area (Å²) >= 11 is 1.62. The van der Waals surface area contributed by atoms with Crippen molar-refractivity contribution < 1.29 is 0 Å². The molecule has 0 atom stereocenters. The van der Waals surface area contributed by atoms with E-state index in [1.54, 1.807) is 11.3 Å². The Labute approximate surface area is 76.6 Å². The molecule has 0 aromatic carbocycles. The molecule has 0 bridgehead atoms. The number of hydrogen-bond acceptors (Lipinski definition) is 1. The lowest BCUT2D eigenvalue weighted by Crippen LogP contribution is -1.74. The highest BCUT2D eigenvalue weighted by Crippen LogP contribution is 2.27. The fraction of sp³-hybridized carbons (Fsp3) is 0.273. The van der Waals surface area contributed by atoms with Crippen molar-refractivity contribution in [3.63, 3.8) is 0 Å². The van der Waals surface area contributed by atoms with Gasteiger partial charge < -0.3 is 0 Å². The Morgan fingerprint density at radius 3 is 2.75 bits per heavy atom. The zero-order valence-corrected chi connectivity index (χ0v) is 7.45. The molecule has 1 heteroatoms. The summed E-state index contributed by atoms with van der Waals surface area (Å²) in [6.07, 6.45) is 7.84. The van der Waals surface area contributed by atoms with Crippen molar-refractivity contribution in [1.29, 1.82) is 0 Å². The molecule has 0 radical (unpaired) electrons. The van der Waals surface area contributed by atoms with Crippen LogP contribution in [0, 0.1) is 30.1 Å². The molecule has 0 saturated heterocycles. The first-order valence-electron chi connectivity index (χ1n) is 3.94. The van der Waals surface area contributed by atoms with E-state index in [1.807, 2.05) is 10.8 Å². The summed E-state index contributed by atoms with van der Waals surface area (Å²) in [5.41, 5.74) is 1.96. The van der Waals surface area contributed by atoms with Gasteiger partial charge in [0.1, 0.15) is 0 Å². The third kappa shape index (κ3) is 1.52. The van der Waals surface area contributed by atoms with E-state index in [1.165, 1.54) is 12.8 Å². The molecule has 12 heavy (non-hydrogen) atoms. The van der Waals surface area contributed by atoms with Gasteiger partial charge in [-0.2, -0.15) is 0 Å². The number of rotatable bonds is 0. The number of thiophene rings is 1. The van der Waals surface area contributed by atoms with Crippen LogP contribution in [0.4, 0.5) is 0 Å². The number of terminal acetylenes is 1. The highest BCUT2D eigenvalue weighted by Gasteiger charge is 2.17. The van der Waals surface area contributed by atoms with Gasteiger partial charge in [-0.15, -0.1) is 17.8 Å². The van der Waals surface area contributed by atoms with Gasteiger partial charge in [0.2, 0.25) is 0 Å². The molecular weight excluding hydrogens is 164 g/mol. The molecule has 0 aliphatic heterocycles. The van der Waals surface area contributed by atoms with Gasteiger partial charge in [0.05, 0.1) is 11.1 Å². The summed E-state index contributed by atoms with van der Waals surface area (Å²) in [6, 6.07) is 0. The van der Waals surface area contributed by atoms with Gasteiger partial charge >= 0.3 is 0 Å². The van der Waals surface area contributed by atoms with Crippen molar-refractivity contribution in [2.45, 2.75) is 12.8 Å². The first-order chi connectivity index (χ1) is 5.90. The number of hydrogen-bond donors (Lipinski definition) is 0. The van der Waals surface area contributed by atoms with Crippen molar-refractivity contribution >= 4 is 11.3 Å². The lowest BCUT2D eigenvalue weighted by atomic mass is 10.2. The summed E-state index contributed by atoms with van der Waals surface area (Å²) in [7, 11) is 0. The van der Waals surface area contributed by atoms with Crippen LogP contribution < -0.4 is 0 Å². The zero-order valence-electron chi connectivity index (χ0n) is 6.63. The van der Waals surface area contributed by atoms with Crippen LogP contribution in [0.25, 0.3) is 0 Å². The summed E-state index contributed by atoms with van der Waals surface area (Å²) in [5.74, 6) is 9.60. The quantitative estimate of drug-likeness (QED) is 0.527. The van der Waals surface area contributed by atoms with Gasteiger partial charge in [0, 0.05) is 16.7 Å². The van der Waals surface area contributed by atoms with Crippen molar-refractivity contribution in [2.24, 2.45) is 5.92 Å². The molecule has 1 aromatic rings. The normalized spacial score (nSPS) is 14.6. The van der Waals surface area contributed by atoms with Gasteiger partial charge in [0.15, 0.2) is 0 Å². The van der Waals surface area contributed by atoms with E-state index in [2.05, 4.69) is 17.8 Å². The highest BCUT2D eigenvalue weighted by atomic mass is 32.1. The van der Waals surface area contributed by atoms with E-state index in [0.29, 0.717) is 5.92 Å². The van der Waals surface area contributed by atoms with Crippen LogP contribution in [0.15, 0.2) is 10.8 Å². The maximum absolute atomic E-state index is 5.31. The van der Waals surface area contributed by atoms with Crippen LogP contribution in [0.2, 0.25) is 0 Å². The maximum atomic E-state index is 5.31. The second-order valence-electron chi connectivity index (χ2n) is 2.89. The molecule has 1 fully saturated rings. The monoisotopic (exact) mass is 172 g/mol. The van der Waals surface area contributed by atoms with Crippen molar-refractivity contribution in [3.8, 4) is 24.2 Å². The topological polar surface area (TPSA) is 0 Å². The van der Waals surface area contributed by atoms with E-state index in [4.69, 9.17) is 6.42 Å². The van der Waals surface area contributed by atoms with Gasteiger partial charge in [0.25, 0.3) is 0 Å². The average molecular weight is 172 g/mol. The smallest absolute Gasteiger partial charge is 0.0508 e. The summed E-state index contributed by atoms with van der Waals surface area (Å²) < 4.78 is 0. The Hall–Kier alpha value is -1.18.